The molecule has 0 aromatic rings. The van der Waals surface area contributed by atoms with Gasteiger partial charge in [-0.2, -0.15) is 0 Å². The first kappa shape index (κ1) is 14.7. The first-order valence-corrected chi connectivity index (χ1v) is 9.80. The molecule has 0 aromatic carbocycles. The Morgan fingerprint density at radius 3 is 2.64 bits per heavy atom. The van der Waals surface area contributed by atoms with Crippen LogP contribution < -0.4 is 0 Å². The van der Waals surface area contributed by atoms with E-state index in [0.717, 1.165) is 37.7 Å². The second-order valence-corrected chi connectivity index (χ2v) is 10.1. The number of carbonyl (C=O) groups excluding carboxylic acids is 3. The summed E-state index contributed by atoms with van der Waals surface area (Å²) in [7, 11) is 1.94. The Kier molecular flexibility index (Phi) is 2.23. The summed E-state index contributed by atoms with van der Waals surface area (Å²) in [4.78, 5) is 42.3. The zero-order chi connectivity index (χ0) is 17.5. The van der Waals surface area contributed by atoms with Crippen LogP contribution in [0.3, 0.4) is 0 Å². The highest BCUT2D eigenvalue weighted by molar-refractivity contribution is 6.01. The number of likely N-dealkylation sites (tertiary alicyclic amines) is 1. The molecule has 0 radical (unpaired) electrons. The van der Waals surface area contributed by atoms with Crippen molar-refractivity contribution in [3.05, 3.63) is 12.2 Å². The number of fused-ring (bicyclic) bond motifs is 1. The van der Waals surface area contributed by atoms with Crippen LogP contribution in [0.15, 0.2) is 12.2 Å². The van der Waals surface area contributed by atoms with E-state index in [1.807, 2.05) is 18.9 Å². The maximum Gasteiger partial charge on any atom is 0.229 e. The Balaban J connectivity index is 1.70. The van der Waals surface area contributed by atoms with Gasteiger partial charge in [-0.25, -0.2) is 0 Å². The molecule has 0 unspecified atom stereocenters. The van der Waals surface area contributed by atoms with Crippen LogP contribution in [0.1, 0.15) is 45.4 Å². The fraction of sp³-hybridized carbons (Fsp3) is 0.762. The fourth-order valence-electron chi connectivity index (χ4n) is 9.28. The summed E-state index contributed by atoms with van der Waals surface area (Å²) in [6.07, 6.45) is 4.84. The van der Waals surface area contributed by atoms with E-state index in [4.69, 9.17) is 0 Å². The lowest BCUT2D eigenvalue weighted by Crippen LogP contribution is -2.71. The minimum atomic E-state index is -0.601. The van der Waals surface area contributed by atoms with Crippen molar-refractivity contribution in [3.8, 4) is 0 Å². The third-order valence-electron chi connectivity index (χ3n) is 9.48. The predicted octanol–water partition coefficient (Wildman–Crippen LogP) is 2.37. The minimum absolute atomic E-state index is 0.0166. The van der Waals surface area contributed by atoms with Gasteiger partial charge in [-0.3, -0.25) is 14.4 Å². The summed E-state index contributed by atoms with van der Waals surface area (Å²) in [5.74, 6) is 0.807. The second kappa shape index (κ2) is 3.79. The standard InChI is InChI=1S/C21H25NO3/c1-10-8-20-9-13(23)15-19(2)5-4-6-21(15)16(20)14(24)11(10)7-12(20)17(21)22(3)18(19)25/h11-12,15-17H,1,4-9H2,2-3H3/t11-,12-,15-,16-,17-,19-,20+,21+/m1/s1. The number of allylic oxidation sites excluding steroid dienone is 1. The highest BCUT2D eigenvalue weighted by atomic mass is 16.2. The summed E-state index contributed by atoms with van der Waals surface area (Å²) in [6.45, 7) is 6.22. The fourth-order valence-corrected chi connectivity index (χ4v) is 9.28. The molecule has 7 aliphatic rings. The van der Waals surface area contributed by atoms with Crippen molar-refractivity contribution in [1.29, 1.82) is 0 Å². The number of hydrogen-bond donors (Lipinski definition) is 0. The van der Waals surface area contributed by atoms with Crippen LogP contribution in [0.5, 0.6) is 0 Å². The van der Waals surface area contributed by atoms with Crippen molar-refractivity contribution in [2.75, 3.05) is 7.05 Å². The van der Waals surface area contributed by atoms with Gasteiger partial charge in [0.05, 0.1) is 5.41 Å². The van der Waals surface area contributed by atoms with Gasteiger partial charge >= 0.3 is 0 Å². The Morgan fingerprint density at radius 1 is 1.12 bits per heavy atom. The van der Waals surface area contributed by atoms with Crippen LogP contribution in [-0.2, 0) is 14.4 Å². The minimum Gasteiger partial charge on any atom is -0.341 e. The lowest BCUT2D eigenvalue weighted by atomic mass is 9.39. The summed E-state index contributed by atoms with van der Waals surface area (Å²) >= 11 is 0. The molecule has 132 valence electrons. The topological polar surface area (TPSA) is 54.5 Å². The Labute approximate surface area is 148 Å². The van der Waals surface area contributed by atoms with Gasteiger partial charge in [0, 0.05) is 42.7 Å². The van der Waals surface area contributed by atoms with Crippen LogP contribution in [0, 0.1) is 39.9 Å². The SMILES string of the molecule is C=C1C[C@]23CC(=O)[C@H]4[C@]56CCC[C@@]4(C)C(=O)N(C)[C@@H]5[C@H]2C[C@H]1C(=O)[C@H]36. The molecular formula is C21H25NO3. The average molecular weight is 339 g/mol. The van der Waals surface area contributed by atoms with Crippen LogP contribution in [-0.4, -0.2) is 35.5 Å². The van der Waals surface area contributed by atoms with Gasteiger partial charge in [-0.1, -0.05) is 25.5 Å². The number of carbonyl (C=O) groups is 3. The summed E-state index contributed by atoms with van der Waals surface area (Å²) in [5, 5.41) is 0. The molecule has 1 aliphatic heterocycles. The lowest BCUT2D eigenvalue weighted by molar-refractivity contribution is -0.196. The zero-order valence-electron chi connectivity index (χ0n) is 15.0. The van der Waals surface area contributed by atoms with Gasteiger partial charge in [0.2, 0.25) is 5.91 Å². The lowest BCUT2D eigenvalue weighted by Gasteiger charge is -2.64. The molecule has 7 rings (SSSR count). The molecule has 0 N–H and O–H groups in total. The molecule has 25 heavy (non-hydrogen) atoms. The van der Waals surface area contributed by atoms with Crippen LogP contribution in [0.25, 0.3) is 0 Å². The molecule has 2 spiro atoms. The molecule has 4 heteroatoms. The summed E-state index contributed by atoms with van der Waals surface area (Å²) in [5.41, 5.74) is -0.0807. The van der Waals surface area contributed by atoms with Gasteiger partial charge < -0.3 is 4.90 Å². The van der Waals surface area contributed by atoms with Crippen molar-refractivity contribution >= 4 is 17.5 Å². The van der Waals surface area contributed by atoms with E-state index in [0.29, 0.717) is 18.1 Å². The number of Topliss-reactive ketones (excluding diaryl/α,β-unsaturated/α-hetero) is 2. The molecule has 4 nitrogen and oxygen atoms in total. The maximum atomic E-state index is 13.5. The molecule has 6 saturated carbocycles. The molecular weight excluding hydrogens is 314 g/mol. The van der Waals surface area contributed by atoms with E-state index in [1.165, 1.54) is 0 Å². The number of nitrogens with zero attached hydrogens (tertiary/aromatic N) is 1. The molecule has 6 aliphatic carbocycles. The van der Waals surface area contributed by atoms with Crippen LogP contribution in [0.2, 0.25) is 0 Å². The van der Waals surface area contributed by atoms with E-state index in [9.17, 15) is 14.4 Å². The molecule has 6 bridgehead atoms. The Bertz CT molecular complexity index is 801. The molecule has 1 heterocycles. The second-order valence-electron chi connectivity index (χ2n) is 10.1. The van der Waals surface area contributed by atoms with Crippen molar-refractivity contribution in [1.82, 2.24) is 4.90 Å². The molecule has 7 fully saturated rings. The smallest absolute Gasteiger partial charge is 0.229 e. The van der Waals surface area contributed by atoms with Crippen LogP contribution in [0.4, 0.5) is 0 Å². The van der Waals surface area contributed by atoms with E-state index in [2.05, 4.69) is 6.58 Å². The quantitative estimate of drug-likeness (QED) is 0.637. The molecule has 0 aromatic heterocycles. The van der Waals surface area contributed by atoms with E-state index >= 15 is 0 Å². The first-order valence-electron chi connectivity index (χ1n) is 9.80. The highest BCUT2D eigenvalue weighted by Crippen LogP contribution is 2.81. The van der Waals surface area contributed by atoms with E-state index < -0.39 is 5.41 Å². The van der Waals surface area contributed by atoms with Gasteiger partial charge in [-0.05, 0) is 37.0 Å². The Morgan fingerprint density at radius 2 is 1.88 bits per heavy atom. The van der Waals surface area contributed by atoms with Gasteiger partial charge in [-0.15, -0.1) is 0 Å². The number of ketones is 2. The van der Waals surface area contributed by atoms with Crippen molar-refractivity contribution in [3.63, 3.8) is 0 Å². The largest absolute Gasteiger partial charge is 0.341 e. The van der Waals surface area contributed by atoms with Gasteiger partial charge in [0.1, 0.15) is 11.6 Å². The number of piperidine rings is 1. The third kappa shape index (κ3) is 1.16. The van der Waals surface area contributed by atoms with E-state index in [1.54, 1.807) is 0 Å². The van der Waals surface area contributed by atoms with Gasteiger partial charge in [0.15, 0.2) is 0 Å². The zero-order valence-corrected chi connectivity index (χ0v) is 15.0. The first-order chi connectivity index (χ1) is 11.8. The number of rotatable bonds is 0. The van der Waals surface area contributed by atoms with Crippen LogP contribution >= 0.6 is 0 Å². The average Bonchev–Trinajstić information content (AvgIpc) is 2.63. The highest BCUT2D eigenvalue weighted by Gasteiger charge is 2.84. The Hall–Kier alpha value is -1.45. The van der Waals surface area contributed by atoms with Crippen molar-refractivity contribution in [2.45, 2.75) is 51.5 Å². The van der Waals surface area contributed by atoms with Crippen molar-refractivity contribution in [2.24, 2.45) is 39.9 Å². The van der Waals surface area contributed by atoms with Crippen molar-refractivity contribution < 1.29 is 14.4 Å². The normalized spacial score (nSPS) is 58.2. The number of amides is 1. The van der Waals surface area contributed by atoms with Gasteiger partial charge in [0.25, 0.3) is 0 Å². The molecule has 1 saturated heterocycles. The monoisotopic (exact) mass is 339 g/mol. The van der Waals surface area contributed by atoms with E-state index in [-0.39, 0.29) is 46.3 Å². The maximum absolute atomic E-state index is 13.5. The summed E-state index contributed by atoms with van der Waals surface area (Å²) in [6, 6.07) is 0.0804. The summed E-state index contributed by atoms with van der Waals surface area (Å²) < 4.78 is 0. The third-order valence-corrected chi connectivity index (χ3v) is 9.48. The predicted molar refractivity (Wildman–Crippen MR) is 90.3 cm³/mol. The molecule has 8 atom stereocenters. The number of hydrogen-bond acceptors (Lipinski definition) is 3. The molecule has 1 amide bonds.